The van der Waals surface area contributed by atoms with Crippen LogP contribution in [-0.4, -0.2) is 23.6 Å². The smallest absolute Gasteiger partial charge is 0.550 e. The van der Waals surface area contributed by atoms with Crippen molar-refractivity contribution >= 4 is 29.3 Å². The molecule has 7 nitrogen and oxygen atoms in total. The molecule has 0 aliphatic carbocycles. The van der Waals surface area contributed by atoms with Gasteiger partial charge in [-0.3, -0.25) is 9.59 Å². The van der Waals surface area contributed by atoms with Crippen LogP contribution in [0.1, 0.15) is 24.2 Å². The summed E-state index contributed by atoms with van der Waals surface area (Å²) in [4.78, 5) is 39.5. The van der Waals surface area contributed by atoms with Crippen molar-refractivity contribution in [2.75, 3.05) is 5.32 Å². The van der Waals surface area contributed by atoms with Gasteiger partial charge in [-0.05, 0) is 26.0 Å². The number of amides is 1. The molecule has 0 saturated heterocycles. The van der Waals surface area contributed by atoms with E-state index in [0.717, 1.165) is 13.8 Å². The monoisotopic (exact) mass is 329 g/mol. The molecule has 1 amide bonds. The number of anilines is 1. The fourth-order valence-corrected chi connectivity index (χ4v) is 1.09. The fraction of sp³-hybridized carbons (Fsp3) is 0.167. The van der Waals surface area contributed by atoms with Gasteiger partial charge < -0.3 is 25.1 Å². The van der Waals surface area contributed by atoms with Crippen LogP contribution in [0.3, 0.4) is 0 Å². The number of carboxylic acids is 2. The molecular formula is C12H11NO6Zn. The maximum atomic E-state index is 11.0. The summed E-state index contributed by atoms with van der Waals surface area (Å²) in [6.45, 7) is 1.94. The Morgan fingerprint density at radius 3 is 1.80 bits per heavy atom. The van der Waals surface area contributed by atoms with Crippen molar-refractivity contribution in [3.8, 4) is 0 Å². The first-order chi connectivity index (χ1) is 8.75. The maximum Gasteiger partial charge on any atom is 2.00 e. The van der Waals surface area contributed by atoms with Crippen molar-refractivity contribution in [2.45, 2.75) is 13.8 Å². The minimum absolute atomic E-state index is 0. The van der Waals surface area contributed by atoms with Gasteiger partial charge in [-0.2, -0.15) is 0 Å². The average molecular weight is 331 g/mol. The normalized spacial score (nSPS) is 10.5. The van der Waals surface area contributed by atoms with Crippen molar-refractivity contribution < 1.29 is 48.9 Å². The zero-order valence-corrected chi connectivity index (χ0v) is 13.9. The van der Waals surface area contributed by atoms with E-state index in [1.54, 1.807) is 24.3 Å². The van der Waals surface area contributed by atoms with E-state index < -0.39 is 23.6 Å². The first-order valence-corrected chi connectivity index (χ1v) is 5.05. The molecule has 1 heterocycles. The molecule has 0 unspecified atom stereocenters. The molecule has 0 saturated carbocycles. The van der Waals surface area contributed by atoms with Crippen LogP contribution in [0.15, 0.2) is 24.3 Å². The van der Waals surface area contributed by atoms with Gasteiger partial charge in [-0.25, -0.2) is 0 Å². The number of nitrogens with one attached hydrogen (secondary N) is 1. The summed E-state index contributed by atoms with van der Waals surface area (Å²) in [7, 11) is 0. The van der Waals surface area contributed by atoms with Gasteiger partial charge in [0.25, 0.3) is 11.7 Å². The minimum Gasteiger partial charge on any atom is -0.550 e. The third-order valence-electron chi connectivity index (χ3n) is 1.63. The van der Waals surface area contributed by atoms with Gasteiger partial charge in [-0.1, -0.05) is 12.1 Å². The zero-order chi connectivity index (χ0) is 15.0. The zero-order valence-electron chi connectivity index (χ0n) is 11.0. The second kappa shape index (κ2) is 9.80. The Balaban J connectivity index is 0. The quantitative estimate of drug-likeness (QED) is 0.448. The summed E-state index contributed by atoms with van der Waals surface area (Å²) in [5.74, 6) is -3.15. The van der Waals surface area contributed by atoms with Crippen LogP contribution < -0.4 is 15.5 Å². The molecule has 0 atom stereocenters. The number of carbonyl (C=O) groups excluding carboxylic acids is 4. The van der Waals surface area contributed by atoms with Crippen LogP contribution in [0.2, 0.25) is 0 Å². The number of rotatable bonds is 0. The SMILES string of the molecule is CC(=O)[O-].CC(=O)[O-].O=C1Nc2ccccc2C1=O.[Zn+2]. The standard InChI is InChI=1S/C8H5NO2.2C2H4O2.Zn/c10-7-5-3-1-2-4-6(5)9-8(7)11;2*1-2(3)4;/h1-4H,(H,9,10,11);2*1H3,(H,3,4);/q;;;+2/p-2. The van der Waals surface area contributed by atoms with Crippen molar-refractivity contribution in [1.82, 2.24) is 0 Å². The predicted molar refractivity (Wildman–Crippen MR) is 60.8 cm³/mol. The minimum atomic E-state index is -1.08. The van der Waals surface area contributed by atoms with Crippen molar-refractivity contribution in [2.24, 2.45) is 0 Å². The number of benzene rings is 1. The number of Topliss-reactive ketones (excluding diaryl/α,β-unsaturated/α-hetero) is 1. The van der Waals surface area contributed by atoms with Crippen molar-refractivity contribution in [1.29, 1.82) is 0 Å². The number of para-hydroxylation sites is 1. The van der Waals surface area contributed by atoms with E-state index in [2.05, 4.69) is 5.32 Å². The van der Waals surface area contributed by atoms with E-state index in [-0.39, 0.29) is 19.5 Å². The molecule has 0 fully saturated rings. The molecule has 1 N–H and O–H groups in total. The first kappa shape index (κ1) is 20.2. The summed E-state index contributed by atoms with van der Waals surface area (Å²) in [6.07, 6.45) is 0. The summed E-state index contributed by atoms with van der Waals surface area (Å²) < 4.78 is 0. The van der Waals surface area contributed by atoms with E-state index in [1.807, 2.05) is 0 Å². The summed E-state index contributed by atoms with van der Waals surface area (Å²) in [5, 5.41) is 20.2. The molecule has 0 bridgehead atoms. The van der Waals surface area contributed by atoms with Crippen molar-refractivity contribution in [3.05, 3.63) is 29.8 Å². The number of carbonyl (C=O) groups is 4. The molecule has 0 aromatic heterocycles. The third-order valence-corrected chi connectivity index (χ3v) is 1.63. The Kier molecular flexibility index (Phi) is 9.92. The molecule has 20 heavy (non-hydrogen) atoms. The van der Waals surface area contributed by atoms with Gasteiger partial charge in [0.05, 0.1) is 11.3 Å². The number of carboxylic acid groups (broad SMARTS) is 2. The van der Waals surface area contributed by atoms with Gasteiger partial charge in [0.2, 0.25) is 0 Å². The number of fused-ring (bicyclic) bond motifs is 1. The molecule has 8 heteroatoms. The van der Waals surface area contributed by atoms with Crippen molar-refractivity contribution in [3.63, 3.8) is 0 Å². The van der Waals surface area contributed by atoms with Crippen LogP contribution in [0, 0.1) is 0 Å². The molecule has 1 aliphatic rings. The van der Waals surface area contributed by atoms with Gasteiger partial charge in [0.1, 0.15) is 0 Å². The first-order valence-electron chi connectivity index (χ1n) is 5.05. The summed E-state index contributed by atoms with van der Waals surface area (Å²) >= 11 is 0. The van der Waals surface area contributed by atoms with Gasteiger partial charge in [0.15, 0.2) is 0 Å². The number of ketones is 1. The van der Waals surface area contributed by atoms with Crippen LogP contribution in [-0.2, 0) is 33.9 Å². The molecular weight excluding hydrogens is 320 g/mol. The number of hydrogen-bond acceptors (Lipinski definition) is 6. The Labute approximate surface area is 127 Å². The van der Waals surface area contributed by atoms with Crippen LogP contribution in [0.5, 0.6) is 0 Å². The second-order valence-corrected chi connectivity index (χ2v) is 3.31. The maximum absolute atomic E-state index is 11.0. The van der Waals surface area contributed by atoms with Gasteiger partial charge in [0, 0.05) is 11.9 Å². The second-order valence-electron chi connectivity index (χ2n) is 3.31. The molecule has 102 valence electrons. The van der Waals surface area contributed by atoms with E-state index in [4.69, 9.17) is 19.8 Å². The third kappa shape index (κ3) is 8.10. The Bertz CT molecular complexity index is 494. The Hall–Kier alpha value is -2.08. The largest absolute Gasteiger partial charge is 2.00 e. The summed E-state index contributed by atoms with van der Waals surface area (Å²) in [5.41, 5.74) is 1.08. The Morgan fingerprint density at radius 2 is 1.40 bits per heavy atom. The molecule has 2 rings (SSSR count). The van der Waals surface area contributed by atoms with Gasteiger partial charge >= 0.3 is 19.5 Å². The molecule has 0 radical (unpaired) electrons. The predicted octanol–water partition coefficient (Wildman–Crippen LogP) is -1.67. The Morgan fingerprint density at radius 1 is 1.00 bits per heavy atom. The van der Waals surface area contributed by atoms with E-state index in [0.29, 0.717) is 11.3 Å². The van der Waals surface area contributed by atoms with Crippen LogP contribution in [0.25, 0.3) is 0 Å². The average Bonchev–Trinajstić information content (AvgIpc) is 2.54. The van der Waals surface area contributed by atoms with Gasteiger partial charge in [-0.15, -0.1) is 0 Å². The van der Waals surface area contributed by atoms with Crippen LogP contribution >= 0.6 is 0 Å². The number of aliphatic carboxylic acids is 2. The van der Waals surface area contributed by atoms with E-state index in [1.165, 1.54) is 0 Å². The van der Waals surface area contributed by atoms with E-state index in [9.17, 15) is 9.59 Å². The van der Waals surface area contributed by atoms with Crippen LogP contribution in [0.4, 0.5) is 5.69 Å². The molecule has 1 aliphatic heterocycles. The number of hydrogen-bond donors (Lipinski definition) is 1. The molecule has 1 aromatic rings. The fourth-order valence-electron chi connectivity index (χ4n) is 1.09. The summed E-state index contributed by atoms with van der Waals surface area (Å²) in [6, 6.07) is 6.85. The van der Waals surface area contributed by atoms with E-state index >= 15 is 0 Å². The molecule has 0 spiro atoms. The topological polar surface area (TPSA) is 126 Å². The molecule has 1 aromatic carbocycles.